The number of carbonyl (C=O) groups excluding carboxylic acids is 2. The van der Waals surface area contributed by atoms with Crippen LogP contribution in [0.5, 0.6) is 5.75 Å². The van der Waals surface area contributed by atoms with E-state index in [0.717, 1.165) is 24.0 Å². The monoisotopic (exact) mass is 444 g/mol. The minimum Gasteiger partial charge on any atom is -0.483 e. The summed E-state index contributed by atoms with van der Waals surface area (Å²) in [5.74, 6) is 0.557. The summed E-state index contributed by atoms with van der Waals surface area (Å²) in [7, 11) is 0. The molecular weight excluding hydrogens is 412 g/mol. The molecule has 0 aliphatic rings. The first kappa shape index (κ1) is 24.7. The van der Waals surface area contributed by atoms with Crippen LogP contribution >= 0.6 is 11.6 Å². The van der Waals surface area contributed by atoms with Crippen molar-refractivity contribution in [3.8, 4) is 5.75 Å². The zero-order chi connectivity index (χ0) is 22.8. The normalized spacial score (nSPS) is 11.8. The number of nitrogens with zero attached hydrogens (tertiary/aromatic N) is 1. The van der Waals surface area contributed by atoms with Crippen LogP contribution in [0, 0.1) is 0 Å². The van der Waals surface area contributed by atoms with Crippen LogP contribution in [0.3, 0.4) is 0 Å². The summed E-state index contributed by atoms with van der Waals surface area (Å²) in [6.07, 6.45) is 1.89. The van der Waals surface area contributed by atoms with Crippen LogP contribution in [0.25, 0.3) is 0 Å². The Morgan fingerprint density at radius 2 is 1.74 bits per heavy atom. The molecule has 5 nitrogen and oxygen atoms in total. The van der Waals surface area contributed by atoms with Crippen molar-refractivity contribution in [2.75, 3.05) is 13.2 Å². The summed E-state index contributed by atoms with van der Waals surface area (Å²) in [4.78, 5) is 27.4. The molecule has 6 heteroatoms. The number of hydrogen-bond donors (Lipinski definition) is 1. The second kappa shape index (κ2) is 12.4. The Labute approximate surface area is 190 Å². The Morgan fingerprint density at radius 3 is 2.39 bits per heavy atom. The predicted molar refractivity (Wildman–Crippen MR) is 125 cm³/mol. The molecule has 2 aromatic carbocycles. The van der Waals surface area contributed by atoms with Gasteiger partial charge in [0.05, 0.1) is 0 Å². The molecule has 0 aliphatic heterocycles. The maximum Gasteiger partial charge on any atom is 0.261 e. The van der Waals surface area contributed by atoms with Crippen LogP contribution in [0.15, 0.2) is 48.5 Å². The second-order valence-electron chi connectivity index (χ2n) is 7.95. The van der Waals surface area contributed by atoms with Crippen molar-refractivity contribution >= 4 is 23.4 Å². The fraction of sp³-hybridized carbons (Fsp3) is 0.440. The van der Waals surface area contributed by atoms with Gasteiger partial charge in [-0.15, -0.1) is 0 Å². The van der Waals surface area contributed by atoms with E-state index in [0.29, 0.717) is 23.9 Å². The average molecular weight is 445 g/mol. The molecule has 31 heavy (non-hydrogen) atoms. The standard InChI is InChI=1S/C25H33ClN2O3/c1-5-6-15-27-25(30)19(4)28(16-20-11-13-21(26)14-12-20)24(29)17-31-23-10-8-7-9-22(23)18(2)3/h7-14,18-19H,5-6,15-17H2,1-4H3,(H,27,30)/t19-/m0/s1. The highest BCUT2D eigenvalue weighted by molar-refractivity contribution is 6.30. The lowest BCUT2D eigenvalue weighted by molar-refractivity contribution is -0.142. The van der Waals surface area contributed by atoms with Gasteiger partial charge in [-0.05, 0) is 48.6 Å². The number of para-hydroxylation sites is 1. The zero-order valence-corrected chi connectivity index (χ0v) is 19.6. The minimum absolute atomic E-state index is 0.135. The molecular formula is C25H33ClN2O3. The zero-order valence-electron chi connectivity index (χ0n) is 18.9. The molecule has 0 unspecified atom stereocenters. The maximum absolute atomic E-state index is 13.1. The Bertz CT molecular complexity index is 852. The molecule has 168 valence electrons. The summed E-state index contributed by atoms with van der Waals surface area (Å²) in [6, 6.07) is 14.4. The van der Waals surface area contributed by atoms with Gasteiger partial charge in [0, 0.05) is 18.1 Å². The van der Waals surface area contributed by atoms with Gasteiger partial charge in [-0.2, -0.15) is 0 Å². The van der Waals surface area contributed by atoms with E-state index in [-0.39, 0.29) is 24.3 Å². The van der Waals surface area contributed by atoms with Gasteiger partial charge in [-0.1, -0.05) is 69.1 Å². The van der Waals surface area contributed by atoms with E-state index >= 15 is 0 Å². The first-order valence-electron chi connectivity index (χ1n) is 10.9. The van der Waals surface area contributed by atoms with Crippen molar-refractivity contribution in [1.29, 1.82) is 0 Å². The molecule has 0 spiro atoms. The Hall–Kier alpha value is -2.53. The van der Waals surface area contributed by atoms with Crippen molar-refractivity contribution in [3.05, 3.63) is 64.7 Å². The molecule has 0 aliphatic carbocycles. The second-order valence-corrected chi connectivity index (χ2v) is 8.39. The van der Waals surface area contributed by atoms with E-state index in [9.17, 15) is 9.59 Å². The van der Waals surface area contributed by atoms with E-state index in [1.165, 1.54) is 0 Å². The van der Waals surface area contributed by atoms with Gasteiger partial charge in [0.25, 0.3) is 5.91 Å². The molecule has 1 N–H and O–H groups in total. The fourth-order valence-electron chi connectivity index (χ4n) is 3.22. The molecule has 0 heterocycles. The van der Waals surface area contributed by atoms with Gasteiger partial charge in [0.15, 0.2) is 6.61 Å². The van der Waals surface area contributed by atoms with Crippen LogP contribution < -0.4 is 10.1 Å². The van der Waals surface area contributed by atoms with Gasteiger partial charge >= 0.3 is 0 Å². The molecule has 0 aromatic heterocycles. The molecule has 2 aromatic rings. The smallest absolute Gasteiger partial charge is 0.261 e. The number of nitrogens with one attached hydrogen (secondary N) is 1. The van der Waals surface area contributed by atoms with Crippen molar-refractivity contribution in [1.82, 2.24) is 10.2 Å². The molecule has 2 amide bonds. The summed E-state index contributed by atoms with van der Waals surface area (Å²) >= 11 is 5.99. The average Bonchev–Trinajstić information content (AvgIpc) is 2.76. The van der Waals surface area contributed by atoms with E-state index in [2.05, 4.69) is 26.1 Å². The van der Waals surface area contributed by atoms with E-state index in [1.54, 1.807) is 24.0 Å². The molecule has 0 saturated carbocycles. The van der Waals surface area contributed by atoms with Crippen molar-refractivity contribution < 1.29 is 14.3 Å². The van der Waals surface area contributed by atoms with E-state index in [4.69, 9.17) is 16.3 Å². The van der Waals surface area contributed by atoms with Crippen molar-refractivity contribution in [2.45, 2.75) is 59.0 Å². The number of unbranched alkanes of at least 4 members (excludes halogenated alkanes) is 1. The van der Waals surface area contributed by atoms with Crippen LogP contribution in [-0.4, -0.2) is 35.9 Å². The van der Waals surface area contributed by atoms with E-state index < -0.39 is 6.04 Å². The topological polar surface area (TPSA) is 58.6 Å². The summed E-state index contributed by atoms with van der Waals surface area (Å²) in [6.45, 7) is 8.74. The lowest BCUT2D eigenvalue weighted by Gasteiger charge is -2.29. The third-order valence-electron chi connectivity index (χ3n) is 5.16. The van der Waals surface area contributed by atoms with Crippen LogP contribution in [-0.2, 0) is 16.1 Å². The van der Waals surface area contributed by atoms with Crippen LogP contribution in [0.4, 0.5) is 0 Å². The third-order valence-corrected chi connectivity index (χ3v) is 5.41. The number of benzene rings is 2. The first-order valence-corrected chi connectivity index (χ1v) is 11.2. The van der Waals surface area contributed by atoms with E-state index in [1.807, 2.05) is 36.4 Å². The van der Waals surface area contributed by atoms with Gasteiger partial charge < -0.3 is 15.0 Å². The lowest BCUT2D eigenvalue weighted by Crippen LogP contribution is -2.49. The fourth-order valence-corrected chi connectivity index (χ4v) is 3.34. The summed E-state index contributed by atoms with van der Waals surface area (Å²) in [5, 5.41) is 3.54. The van der Waals surface area contributed by atoms with Crippen molar-refractivity contribution in [2.24, 2.45) is 0 Å². The molecule has 0 bridgehead atoms. The predicted octanol–water partition coefficient (Wildman–Crippen LogP) is 5.18. The third kappa shape index (κ3) is 7.59. The SMILES string of the molecule is CCCCNC(=O)[C@H](C)N(Cc1ccc(Cl)cc1)C(=O)COc1ccccc1C(C)C. The van der Waals surface area contributed by atoms with Crippen LogP contribution in [0.2, 0.25) is 5.02 Å². The highest BCUT2D eigenvalue weighted by Crippen LogP contribution is 2.26. The number of hydrogen-bond acceptors (Lipinski definition) is 3. The highest BCUT2D eigenvalue weighted by Gasteiger charge is 2.26. The van der Waals surface area contributed by atoms with Gasteiger partial charge in [-0.3, -0.25) is 9.59 Å². The molecule has 2 rings (SSSR count). The van der Waals surface area contributed by atoms with Gasteiger partial charge in [-0.25, -0.2) is 0 Å². The quantitative estimate of drug-likeness (QED) is 0.486. The summed E-state index contributed by atoms with van der Waals surface area (Å²) < 4.78 is 5.88. The Balaban J connectivity index is 2.15. The largest absolute Gasteiger partial charge is 0.483 e. The molecule has 1 atom stereocenters. The van der Waals surface area contributed by atoms with Gasteiger partial charge in [0.1, 0.15) is 11.8 Å². The number of rotatable bonds is 11. The lowest BCUT2D eigenvalue weighted by atomic mass is 10.0. The van der Waals surface area contributed by atoms with Crippen molar-refractivity contribution in [3.63, 3.8) is 0 Å². The Morgan fingerprint density at radius 1 is 1.06 bits per heavy atom. The number of carbonyl (C=O) groups is 2. The number of halogens is 1. The highest BCUT2D eigenvalue weighted by atomic mass is 35.5. The van der Waals surface area contributed by atoms with Gasteiger partial charge in [0.2, 0.25) is 5.91 Å². The molecule has 0 saturated heterocycles. The minimum atomic E-state index is -0.621. The number of ether oxygens (including phenoxy) is 1. The maximum atomic E-state index is 13.1. The number of amides is 2. The summed E-state index contributed by atoms with van der Waals surface area (Å²) in [5.41, 5.74) is 1.94. The molecule has 0 fully saturated rings. The first-order chi connectivity index (χ1) is 14.8. The van der Waals surface area contributed by atoms with Crippen LogP contribution in [0.1, 0.15) is 57.6 Å². The molecule has 0 radical (unpaired) electrons. The Kier molecular flexibility index (Phi) is 9.86.